The smallest absolute Gasteiger partial charge is 0.335 e. The van der Waals surface area contributed by atoms with Crippen LogP contribution in [-0.2, 0) is 6.61 Å². The van der Waals surface area contributed by atoms with E-state index in [4.69, 9.17) is 18.3 Å². The molecule has 0 aliphatic heterocycles. The molecule has 6 aromatic rings. The van der Waals surface area contributed by atoms with E-state index in [9.17, 15) is 19.8 Å². The zero-order valence-electron chi connectivity index (χ0n) is 23.0. The number of hydrogen-bond donors (Lipinski definition) is 2. The maximum atomic E-state index is 11.3. The number of aromatic carboxylic acids is 2. The minimum absolute atomic E-state index is 0.105. The Hall–Kier alpha value is -6.30. The number of ether oxygens (including phenoxy) is 2. The number of rotatable bonds is 10. The Morgan fingerprint density at radius 3 is 1.75 bits per heavy atom. The zero-order valence-corrected chi connectivity index (χ0v) is 23.0. The highest BCUT2D eigenvalue weighted by Gasteiger charge is 2.17. The second kappa shape index (κ2) is 11.9. The van der Waals surface area contributed by atoms with Gasteiger partial charge >= 0.3 is 11.9 Å². The summed E-state index contributed by atoms with van der Waals surface area (Å²) in [5, 5.41) is 35.0. The van der Waals surface area contributed by atoms with Gasteiger partial charge in [0, 0.05) is 16.7 Å². The fourth-order valence-corrected chi connectivity index (χ4v) is 4.37. The summed E-state index contributed by atoms with van der Waals surface area (Å²) in [6.45, 7) is 0.194. The van der Waals surface area contributed by atoms with E-state index in [1.807, 2.05) is 12.1 Å². The lowest BCUT2D eigenvalue weighted by atomic mass is 10.1. The monoisotopic (exact) mass is 590 g/mol. The summed E-state index contributed by atoms with van der Waals surface area (Å²) < 4.78 is 23.2. The first-order chi connectivity index (χ1) is 21.4. The Morgan fingerprint density at radius 2 is 1.18 bits per heavy atom. The molecular weight excluding hydrogens is 568 g/mol. The first kappa shape index (κ1) is 27.8. The van der Waals surface area contributed by atoms with Crippen molar-refractivity contribution < 1.29 is 38.1 Å². The number of carboxylic acids is 2. The van der Waals surface area contributed by atoms with Crippen LogP contribution in [-0.4, -0.2) is 49.7 Å². The van der Waals surface area contributed by atoms with Gasteiger partial charge in [-0.15, -0.1) is 20.4 Å². The van der Waals surface area contributed by atoms with Crippen molar-refractivity contribution in [3.8, 4) is 57.3 Å². The van der Waals surface area contributed by atoms with Crippen molar-refractivity contribution in [1.29, 1.82) is 0 Å². The van der Waals surface area contributed by atoms with Gasteiger partial charge in [0.1, 0.15) is 18.1 Å². The fraction of sp³-hybridized carbons (Fsp3) is 0.0625. The van der Waals surface area contributed by atoms with E-state index in [-0.39, 0.29) is 41.3 Å². The van der Waals surface area contributed by atoms with Gasteiger partial charge in [0.2, 0.25) is 17.7 Å². The summed E-state index contributed by atoms with van der Waals surface area (Å²) in [4.78, 5) is 22.7. The molecule has 0 saturated carbocycles. The number of carboxylic acid groups (broad SMARTS) is 2. The Bertz CT molecular complexity index is 2000. The van der Waals surface area contributed by atoms with Gasteiger partial charge < -0.3 is 28.5 Å². The summed E-state index contributed by atoms with van der Waals surface area (Å²) in [6.07, 6.45) is 0. The third-order valence-electron chi connectivity index (χ3n) is 6.54. The van der Waals surface area contributed by atoms with E-state index < -0.39 is 11.9 Å². The fourth-order valence-electron chi connectivity index (χ4n) is 4.37. The highest BCUT2D eigenvalue weighted by atomic mass is 16.5. The van der Waals surface area contributed by atoms with Crippen molar-refractivity contribution in [1.82, 2.24) is 20.4 Å². The van der Waals surface area contributed by atoms with Crippen LogP contribution in [0.4, 0.5) is 0 Å². The molecule has 0 radical (unpaired) electrons. The van der Waals surface area contributed by atoms with Crippen LogP contribution in [0.5, 0.6) is 11.5 Å². The van der Waals surface area contributed by atoms with Crippen molar-refractivity contribution in [2.75, 3.05) is 7.11 Å². The molecule has 0 amide bonds. The van der Waals surface area contributed by atoms with Crippen LogP contribution in [0.3, 0.4) is 0 Å². The third-order valence-corrected chi connectivity index (χ3v) is 6.54. The van der Waals surface area contributed by atoms with Crippen LogP contribution in [0.1, 0.15) is 26.3 Å². The van der Waals surface area contributed by atoms with Crippen molar-refractivity contribution in [3.05, 3.63) is 108 Å². The normalized spacial score (nSPS) is 10.8. The summed E-state index contributed by atoms with van der Waals surface area (Å²) in [5.41, 5.74) is 3.14. The maximum absolute atomic E-state index is 11.3. The minimum Gasteiger partial charge on any atom is -0.496 e. The number of aromatic nitrogens is 4. The zero-order chi connectivity index (χ0) is 30.6. The molecule has 0 spiro atoms. The highest BCUT2D eigenvalue weighted by Crippen LogP contribution is 2.33. The first-order valence-electron chi connectivity index (χ1n) is 13.1. The van der Waals surface area contributed by atoms with Gasteiger partial charge in [-0.25, -0.2) is 9.59 Å². The molecule has 0 saturated heterocycles. The molecular formula is C32H22N4O8. The highest BCUT2D eigenvalue weighted by molar-refractivity contribution is 5.89. The number of hydrogen-bond acceptors (Lipinski definition) is 10. The lowest BCUT2D eigenvalue weighted by Crippen LogP contribution is -1.97. The van der Waals surface area contributed by atoms with Crippen LogP contribution in [0.2, 0.25) is 0 Å². The molecule has 12 heteroatoms. The molecule has 2 aromatic heterocycles. The molecule has 12 nitrogen and oxygen atoms in total. The number of methoxy groups -OCH3 is 1. The molecule has 218 valence electrons. The number of carbonyl (C=O) groups is 2. The van der Waals surface area contributed by atoms with E-state index in [1.54, 1.807) is 54.6 Å². The van der Waals surface area contributed by atoms with E-state index in [1.165, 1.54) is 31.4 Å². The van der Waals surface area contributed by atoms with Crippen molar-refractivity contribution in [2.24, 2.45) is 0 Å². The van der Waals surface area contributed by atoms with E-state index in [2.05, 4.69) is 20.4 Å². The molecule has 0 unspecified atom stereocenters. The van der Waals surface area contributed by atoms with Crippen molar-refractivity contribution in [2.45, 2.75) is 6.61 Å². The molecule has 0 atom stereocenters. The molecule has 44 heavy (non-hydrogen) atoms. The molecule has 0 aliphatic rings. The van der Waals surface area contributed by atoms with Crippen LogP contribution >= 0.6 is 0 Å². The quantitative estimate of drug-likeness (QED) is 0.188. The van der Waals surface area contributed by atoms with Gasteiger partial charge in [-0.2, -0.15) is 0 Å². The molecule has 2 N–H and O–H groups in total. The lowest BCUT2D eigenvalue weighted by Gasteiger charge is -2.10. The summed E-state index contributed by atoms with van der Waals surface area (Å²) >= 11 is 0. The standard InChI is InChI=1S/C32H22N4O8/c1-41-26-12-11-18(13-25(26)30-36-35-28(44-30)20-6-3-9-23(15-20)32(39)40)17-42-24-10-4-7-21(16-24)29-34-33-27(43-29)19-5-2-8-22(14-19)31(37)38/h2-16H,17H2,1H3,(H,37,38)(H,39,40). The topological polar surface area (TPSA) is 171 Å². The summed E-state index contributed by atoms with van der Waals surface area (Å²) in [7, 11) is 1.53. The van der Waals surface area contributed by atoms with Gasteiger partial charge in [0.25, 0.3) is 5.89 Å². The SMILES string of the molecule is COc1ccc(COc2cccc(-c3nnc(-c4cccc(C(=O)O)c4)o3)c2)cc1-c1nnc(-c2cccc(C(=O)O)c2)o1. The molecule has 0 aliphatic carbocycles. The second-order valence-electron chi connectivity index (χ2n) is 9.45. The molecule has 0 fully saturated rings. The van der Waals surface area contributed by atoms with Gasteiger partial charge in [-0.1, -0.05) is 24.3 Å². The molecule has 0 bridgehead atoms. The minimum atomic E-state index is -1.06. The molecule has 4 aromatic carbocycles. The third kappa shape index (κ3) is 5.85. The lowest BCUT2D eigenvalue weighted by molar-refractivity contribution is 0.0686. The number of benzene rings is 4. The Morgan fingerprint density at radius 1 is 0.659 bits per heavy atom. The maximum Gasteiger partial charge on any atom is 0.335 e. The van der Waals surface area contributed by atoms with Gasteiger partial charge in [-0.3, -0.25) is 0 Å². The van der Waals surface area contributed by atoms with E-state index >= 15 is 0 Å². The predicted molar refractivity (Wildman–Crippen MR) is 155 cm³/mol. The van der Waals surface area contributed by atoms with Crippen molar-refractivity contribution in [3.63, 3.8) is 0 Å². The van der Waals surface area contributed by atoms with Crippen LogP contribution in [0.15, 0.2) is 99.8 Å². The van der Waals surface area contributed by atoms with E-state index in [0.29, 0.717) is 33.8 Å². The van der Waals surface area contributed by atoms with Gasteiger partial charge in [0.05, 0.1) is 23.8 Å². The first-order valence-corrected chi connectivity index (χ1v) is 13.1. The van der Waals surface area contributed by atoms with Gasteiger partial charge in [-0.05, 0) is 72.3 Å². The Kier molecular flexibility index (Phi) is 7.53. The summed E-state index contributed by atoms with van der Waals surface area (Å²) in [5.74, 6) is -0.248. The largest absolute Gasteiger partial charge is 0.496 e. The predicted octanol–water partition coefficient (Wildman–Crippen LogP) is 6.10. The van der Waals surface area contributed by atoms with Crippen molar-refractivity contribution >= 4 is 11.9 Å². The molecule has 2 heterocycles. The van der Waals surface area contributed by atoms with Crippen LogP contribution < -0.4 is 9.47 Å². The second-order valence-corrected chi connectivity index (χ2v) is 9.45. The molecule has 6 rings (SSSR count). The average molecular weight is 591 g/mol. The number of nitrogens with zero attached hydrogens (tertiary/aromatic N) is 4. The summed E-state index contributed by atoms with van der Waals surface area (Å²) in [6, 6.07) is 25.0. The Labute approximate surface area is 249 Å². The Balaban J connectivity index is 1.19. The van der Waals surface area contributed by atoms with Crippen LogP contribution in [0, 0.1) is 0 Å². The average Bonchev–Trinajstić information content (AvgIpc) is 3.75. The van der Waals surface area contributed by atoms with Gasteiger partial charge in [0.15, 0.2) is 0 Å². The van der Waals surface area contributed by atoms with E-state index in [0.717, 1.165) is 5.56 Å². The van der Waals surface area contributed by atoms with Crippen LogP contribution in [0.25, 0.3) is 45.8 Å².